The molecule has 1 aliphatic rings. The van der Waals surface area contributed by atoms with Crippen LogP contribution < -0.4 is 15.6 Å². The zero-order valence-electron chi connectivity index (χ0n) is 24.7. The third kappa shape index (κ3) is 7.81. The molecule has 1 aliphatic heterocycles. The molecular weight excluding hydrogens is 677 g/mol. The molecule has 1 heterocycles. The summed E-state index contributed by atoms with van der Waals surface area (Å²) in [6.07, 6.45) is -0.734. The first-order chi connectivity index (χ1) is 22.2. The lowest BCUT2D eigenvalue weighted by Gasteiger charge is -2.30. The first-order valence-corrected chi connectivity index (χ1v) is 17.1. The predicted molar refractivity (Wildman–Crippen MR) is 175 cm³/mol. The normalized spacial score (nSPS) is 17.6. The maximum Gasteiger partial charge on any atom is 0.266 e. The van der Waals surface area contributed by atoms with Crippen LogP contribution in [0, 0.1) is 5.82 Å². The van der Waals surface area contributed by atoms with Crippen LogP contribution in [0.15, 0.2) is 117 Å². The number of carbonyl (C=O) groups is 1. The number of aliphatic hydroxyl groups excluding tert-OH is 1. The van der Waals surface area contributed by atoms with Gasteiger partial charge in [-0.2, -0.15) is 0 Å². The van der Waals surface area contributed by atoms with Crippen LogP contribution in [-0.2, 0) is 25.9 Å². The number of rotatable bonds is 14. The number of aliphatic hydroxyl groups is 1. The Balaban J connectivity index is 1.51. The highest BCUT2D eigenvalue weighted by atomic mass is 79.9. The molecule has 0 aliphatic carbocycles. The Morgan fingerprint density at radius 1 is 0.978 bits per heavy atom. The molecule has 240 valence electrons. The quantitative estimate of drug-likeness (QED) is 0.120. The predicted octanol–water partition coefficient (Wildman–Crippen LogP) is 5.29. The number of halogens is 2. The SMILES string of the molecule is O=C(NNCc1ccccc1F)[C@@]1(CCS(=O)(=O)c2ccccc2)N=C(c2ccc(OCCCO)cc2)O[C@H]1c1ccc(Br)cc1. The number of carbonyl (C=O) groups excluding carboxylic acids is 1. The standard InChI is InChI=1S/C34H33BrFN3O6S/c35-27-15-11-24(12-16-27)31-34(19-22-46(42,43)29-8-2-1-3-9-29,33(41)39-37-23-26-7-4-5-10-30(26)36)38-32(45-31)25-13-17-28(18-14-25)44-21-6-20-40/h1-5,7-18,31,37,40H,6,19-23H2,(H,39,41)/t31-,34-/m0/s1. The highest BCUT2D eigenvalue weighted by Gasteiger charge is 2.53. The number of nitrogens with zero attached hydrogens (tertiary/aromatic N) is 1. The van der Waals surface area contributed by atoms with Crippen molar-refractivity contribution in [2.24, 2.45) is 4.99 Å². The molecule has 0 bridgehead atoms. The van der Waals surface area contributed by atoms with Crippen molar-refractivity contribution in [1.29, 1.82) is 0 Å². The van der Waals surface area contributed by atoms with Crippen molar-refractivity contribution in [2.45, 2.75) is 35.9 Å². The molecule has 12 heteroatoms. The lowest BCUT2D eigenvalue weighted by molar-refractivity contribution is -0.130. The third-order valence-electron chi connectivity index (χ3n) is 7.50. The smallest absolute Gasteiger partial charge is 0.266 e. The molecule has 0 unspecified atom stereocenters. The number of amides is 1. The fraction of sp³-hybridized carbons (Fsp3) is 0.235. The van der Waals surface area contributed by atoms with Crippen LogP contribution in [0.2, 0.25) is 0 Å². The van der Waals surface area contributed by atoms with Gasteiger partial charge in [0.15, 0.2) is 21.5 Å². The van der Waals surface area contributed by atoms with E-state index in [1.807, 2.05) is 0 Å². The summed E-state index contributed by atoms with van der Waals surface area (Å²) < 4.78 is 54.1. The Morgan fingerprint density at radius 2 is 1.67 bits per heavy atom. The van der Waals surface area contributed by atoms with Gasteiger partial charge in [-0.1, -0.05) is 64.5 Å². The third-order valence-corrected chi connectivity index (χ3v) is 9.76. The summed E-state index contributed by atoms with van der Waals surface area (Å²) in [5, 5.41) is 9.04. The minimum absolute atomic E-state index is 0.0134. The molecule has 0 radical (unpaired) electrons. The van der Waals surface area contributed by atoms with Crippen LogP contribution >= 0.6 is 15.9 Å². The van der Waals surface area contributed by atoms with Crippen LogP contribution in [-0.4, -0.2) is 49.8 Å². The number of hydrogen-bond acceptors (Lipinski definition) is 8. The Bertz CT molecular complexity index is 1770. The van der Waals surface area contributed by atoms with Crippen LogP contribution in [0.1, 0.15) is 35.6 Å². The van der Waals surface area contributed by atoms with E-state index in [2.05, 4.69) is 26.8 Å². The highest BCUT2D eigenvalue weighted by Crippen LogP contribution is 2.43. The van der Waals surface area contributed by atoms with Gasteiger partial charge in [0.1, 0.15) is 11.6 Å². The largest absolute Gasteiger partial charge is 0.494 e. The van der Waals surface area contributed by atoms with Gasteiger partial charge in [-0.05, 0) is 60.2 Å². The number of nitrogens with one attached hydrogen (secondary N) is 2. The van der Waals surface area contributed by atoms with Crippen LogP contribution in [0.5, 0.6) is 5.75 Å². The van der Waals surface area contributed by atoms with Crippen LogP contribution in [0.25, 0.3) is 0 Å². The van der Waals surface area contributed by atoms with Gasteiger partial charge < -0.3 is 14.6 Å². The maximum atomic E-state index is 14.3. The van der Waals surface area contributed by atoms with E-state index < -0.39 is 39.0 Å². The number of aliphatic imine (C=N–C) groups is 1. The second-order valence-corrected chi connectivity index (χ2v) is 13.6. The van der Waals surface area contributed by atoms with E-state index in [1.54, 1.807) is 84.9 Å². The zero-order chi connectivity index (χ0) is 32.6. The molecule has 5 rings (SSSR count). The Hall–Kier alpha value is -4.10. The fourth-order valence-corrected chi connectivity index (χ4v) is 6.66. The zero-order valence-corrected chi connectivity index (χ0v) is 27.1. The molecule has 4 aromatic rings. The van der Waals surface area contributed by atoms with E-state index in [1.165, 1.54) is 18.2 Å². The summed E-state index contributed by atoms with van der Waals surface area (Å²) in [4.78, 5) is 19.2. The van der Waals surface area contributed by atoms with Crippen molar-refractivity contribution in [3.05, 3.63) is 130 Å². The molecule has 0 saturated carbocycles. The molecule has 0 spiro atoms. The molecule has 9 nitrogen and oxygen atoms in total. The Kier molecular flexibility index (Phi) is 10.8. The lowest BCUT2D eigenvalue weighted by Crippen LogP contribution is -2.53. The van der Waals surface area contributed by atoms with E-state index in [-0.39, 0.29) is 30.4 Å². The average Bonchev–Trinajstić information content (AvgIpc) is 3.47. The van der Waals surface area contributed by atoms with E-state index in [0.29, 0.717) is 35.5 Å². The monoisotopic (exact) mass is 709 g/mol. The van der Waals surface area contributed by atoms with Crippen molar-refractivity contribution in [3.8, 4) is 5.75 Å². The number of hydrogen-bond donors (Lipinski definition) is 3. The van der Waals surface area contributed by atoms with E-state index in [0.717, 1.165) is 4.47 Å². The van der Waals surface area contributed by atoms with E-state index >= 15 is 0 Å². The number of hydrazine groups is 1. The molecule has 2 atom stereocenters. The number of benzene rings is 4. The molecule has 46 heavy (non-hydrogen) atoms. The van der Waals surface area contributed by atoms with E-state index in [4.69, 9.17) is 19.6 Å². The summed E-state index contributed by atoms with van der Waals surface area (Å²) in [5.41, 5.74) is 5.19. The summed E-state index contributed by atoms with van der Waals surface area (Å²) in [7, 11) is -3.82. The maximum absolute atomic E-state index is 14.3. The second kappa shape index (κ2) is 15.0. The lowest BCUT2D eigenvalue weighted by atomic mass is 9.85. The first kappa shape index (κ1) is 33.3. The van der Waals surface area contributed by atoms with E-state index in [9.17, 15) is 17.6 Å². The molecule has 0 saturated heterocycles. The van der Waals surface area contributed by atoms with Crippen LogP contribution in [0.3, 0.4) is 0 Å². The van der Waals surface area contributed by atoms with Crippen molar-refractivity contribution in [3.63, 3.8) is 0 Å². The van der Waals surface area contributed by atoms with Gasteiger partial charge in [0.2, 0.25) is 5.90 Å². The average molecular weight is 711 g/mol. The van der Waals surface area contributed by atoms with Crippen LogP contribution in [0.4, 0.5) is 4.39 Å². The number of ether oxygens (including phenoxy) is 2. The van der Waals surface area contributed by atoms with Gasteiger partial charge in [-0.25, -0.2) is 23.2 Å². The van der Waals surface area contributed by atoms with Gasteiger partial charge in [-0.15, -0.1) is 0 Å². The molecule has 0 aromatic heterocycles. The Morgan fingerprint density at radius 3 is 2.37 bits per heavy atom. The van der Waals surface area contributed by atoms with Gasteiger partial charge >= 0.3 is 0 Å². The topological polar surface area (TPSA) is 126 Å². The van der Waals surface area contributed by atoms with Crippen molar-refractivity contribution < 1.29 is 32.2 Å². The molecular formula is C34H33BrFN3O6S. The van der Waals surface area contributed by atoms with Gasteiger partial charge in [0.25, 0.3) is 5.91 Å². The molecule has 1 amide bonds. The number of sulfone groups is 1. The van der Waals surface area contributed by atoms with Crippen molar-refractivity contribution in [1.82, 2.24) is 10.9 Å². The van der Waals surface area contributed by atoms with Crippen molar-refractivity contribution in [2.75, 3.05) is 19.0 Å². The second-order valence-electron chi connectivity index (χ2n) is 10.6. The highest BCUT2D eigenvalue weighted by molar-refractivity contribution is 9.10. The summed E-state index contributed by atoms with van der Waals surface area (Å²) in [6.45, 7) is 0.340. The molecule has 0 fully saturated rings. The minimum atomic E-state index is -3.82. The Labute approximate surface area is 275 Å². The summed E-state index contributed by atoms with van der Waals surface area (Å²) >= 11 is 3.44. The molecule has 3 N–H and O–H groups in total. The fourth-order valence-electron chi connectivity index (χ4n) is 5.01. The first-order valence-electron chi connectivity index (χ1n) is 14.6. The van der Waals surface area contributed by atoms with Gasteiger partial charge in [-0.3, -0.25) is 10.2 Å². The summed E-state index contributed by atoms with van der Waals surface area (Å²) in [5.74, 6) is -0.748. The molecule has 4 aromatic carbocycles. The van der Waals surface area contributed by atoms with Crippen molar-refractivity contribution >= 4 is 37.6 Å². The van der Waals surface area contributed by atoms with Gasteiger partial charge in [0, 0.05) is 41.6 Å². The van der Waals surface area contributed by atoms with Gasteiger partial charge in [0.05, 0.1) is 17.3 Å². The minimum Gasteiger partial charge on any atom is -0.494 e. The summed E-state index contributed by atoms with van der Waals surface area (Å²) in [6, 6.07) is 28.3.